The number of fused-ring (bicyclic) bond motifs is 1. The van der Waals surface area contributed by atoms with Crippen molar-refractivity contribution in [2.45, 2.75) is 58.3 Å². The minimum atomic E-state index is -1.15. The van der Waals surface area contributed by atoms with Crippen LogP contribution in [0.2, 0.25) is 0 Å². The molecular weight excluding hydrogens is 364 g/mol. The van der Waals surface area contributed by atoms with Crippen molar-refractivity contribution in [2.75, 3.05) is 13.2 Å². The Balaban J connectivity index is 1.97. The maximum absolute atomic E-state index is 12.1. The molecular formula is C21H28O7. The maximum atomic E-state index is 12.1. The molecule has 0 saturated heterocycles. The Morgan fingerprint density at radius 3 is 2.39 bits per heavy atom. The first-order valence-corrected chi connectivity index (χ1v) is 9.80. The minimum Gasteiger partial charge on any atom is -0.503 e. The van der Waals surface area contributed by atoms with Crippen LogP contribution in [-0.2, 0) is 4.79 Å². The van der Waals surface area contributed by atoms with Crippen LogP contribution in [0.1, 0.15) is 58.3 Å². The van der Waals surface area contributed by atoms with E-state index in [1.54, 1.807) is 6.07 Å². The molecule has 0 saturated carbocycles. The maximum Gasteiger partial charge on any atom is 0.383 e. The third-order valence-corrected chi connectivity index (χ3v) is 4.42. The molecule has 0 radical (unpaired) electrons. The third kappa shape index (κ3) is 6.18. The van der Waals surface area contributed by atoms with Gasteiger partial charge in [0.25, 0.3) is 0 Å². The predicted octanol–water partition coefficient (Wildman–Crippen LogP) is 4.48. The Hall–Kier alpha value is -2.70. The van der Waals surface area contributed by atoms with Gasteiger partial charge >= 0.3 is 11.6 Å². The highest BCUT2D eigenvalue weighted by Gasteiger charge is 2.19. The van der Waals surface area contributed by atoms with Crippen LogP contribution in [-0.4, -0.2) is 29.4 Å². The monoisotopic (exact) mass is 392 g/mol. The van der Waals surface area contributed by atoms with E-state index in [1.807, 2.05) is 0 Å². The fourth-order valence-corrected chi connectivity index (χ4v) is 2.98. The molecule has 0 bridgehead atoms. The van der Waals surface area contributed by atoms with Gasteiger partial charge in [-0.3, -0.25) is 0 Å². The van der Waals surface area contributed by atoms with Crippen molar-refractivity contribution < 1.29 is 28.9 Å². The van der Waals surface area contributed by atoms with Crippen molar-refractivity contribution in [2.24, 2.45) is 0 Å². The summed E-state index contributed by atoms with van der Waals surface area (Å²) in [4.78, 5) is 22.8. The zero-order valence-corrected chi connectivity index (χ0v) is 16.2. The van der Waals surface area contributed by atoms with Crippen LogP contribution < -0.4 is 15.1 Å². The first kappa shape index (κ1) is 21.6. The molecule has 0 aliphatic rings. The van der Waals surface area contributed by atoms with E-state index in [1.165, 1.54) is 44.2 Å². The molecule has 1 aromatic heterocycles. The summed E-state index contributed by atoms with van der Waals surface area (Å²) in [5, 5.41) is 19.4. The van der Waals surface area contributed by atoms with E-state index < -0.39 is 24.0 Å². The summed E-state index contributed by atoms with van der Waals surface area (Å²) in [5.74, 6) is -1.72. The molecule has 1 heterocycles. The lowest BCUT2D eigenvalue weighted by Gasteiger charge is -2.11. The van der Waals surface area contributed by atoms with Gasteiger partial charge in [0.2, 0.25) is 5.75 Å². The Morgan fingerprint density at radius 1 is 1.04 bits per heavy atom. The van der Waals surface area contributed by atoms with Crippen LogP contribution in [0.3, 0.4) is 0 Å². The minimum absolute atomic E-state index is 0.102. The smallest absolute Gasteiger partial charge is 0.383 e. The summed E-state index contributed by atoms with van der Waals surface area (Å²) in [6, 6.07) is 4.53. The van der Waals surface area contributed by atoms with Crippen molar-refractivity contribution >= 4 is 16.9 Å². The standard InChI is InChI=1S/C21H28O7/c1-2-3-4-5-6-7-8-9-13-26-20-19(24)18-15(27-14-17(22)23)11-10-12-16(18)28-21(20)25/h10-12,24H,2-9,13-14H2,1H3,(H,22,23). The van der Waals surface area contributed by atoms with Gasteiger partial charge < -0.3 is 24.1 Å². The summed E-state index contributed by atoms with van der Waals surface area (Å²) in [6.45, 7) is 1.90. The highest BCUT2D eigenvalue weighted by molar-refractivity contribution is 5.91. The van der Waals surface area contributed by atoms with Crippen molar-refractivity contribution in [3.8, 4) is 17.2 Å². The van der Waals surface area contributed by atoms with Crippen LogP contribution in [0.4, 0.5) is 0 Å². The van der Waals surface area contributed by atoms with Crippen molar-refractivity contribution in [3.05, 3.63) is 28.6 Å². The highest BCUT2D eigenvalue weighted by atomic mass is 16.5. The van der Waals surface area contributed by atoms with E-state index in [4.69, 9.17) is 19.0 Å². The summed E-state index contributed by atoms with van der Waals surface area (Å²) in [7, 11) is 0. The van der Waals surface area contributed by atoms with E-state index in [0.717, 1.165) is 19.3 Å². The number of aliphatic carboxylic acids is 1. The Morgan fingerprint density at radius 2 is 1.71 bits per heavy atom. The molecule has 2 rings (SSSR count). The summed E-state index contributed by atoms with van der Waals surface area (Å²) >= 11 is 0. The van der Waals surface area contributed by atoms with Crippen LogP contribution in [0.25, 0.3) is 11.0 Å². The van der Waals surface area contributed by atoms with E-state index in [9.17, 15) is 14.7 Å². The van der Waals surface area contributed by atoms with Crippen molar-refractivity contribution in [1.82, 2.24) is 0 Å². The van der Waals surface area contributed by atoms with Gasteiger partial charge in [-0.25, -0.2) is 9.59 Å². The first-order valence-electron chi connectivity index (χ1n) is 9.80. The Kier molecular flexibility index (Phi) is 8.65. The molecule has 2 N–H and O–H groups in total. The number of ether oxygens (including phenoxy) is 2. The zero-order chi connectivity index (χ0) is 20.4. The number of unbranched alkanes of at least 4 members (excludes halogenated alkanes) is 7. The Bertz CT molecular complexity index is 825. The fourth-order valence-electron chi connectivity index (χ4n) is 2.98. The van der Waals surface area contributed by atoms with Gasteiger partial charge in [-0.05, 0) is 18.6 Å². The third-order valence-electron chi connectivity index (χ3n) is 4.42. The van der Waals surface area contributed by atoms with E-state index in [2.05, 4.69) is 6.92 Å². The number of aromatic hydroxyl groups is 1. The fraction of sp³-hybridized carbons (Fsp3) is 0.524. The van der Waals surface area contributed by atoms with Crippen LogP contribution in [0, 0.1) is 0 Å². The average molecular weight is 392 g/mol. The molecule has 2 aromatic rings. The molecule has 7 nitrogen and oxygen atoms in total. The molecule has 0 spiro atoms. The number of rotatable bonds is 13. The molecule has 28 heavy (non-hydrogen) atoms. The quantitative estimate of drug-likeness (QED) is 0.382. The van der Waals surface area contributed by atoms with Gasteiger partial charge in [-0.1, -0.05) is 57.9 Å². The summed E-state index contributed by atoms with van der Waals surface area (Å²) in [5.41, 5.74) is -0.676. The van der Waals surface area contributed by atoms with Gasteiger partial charge in [0.15, 0.2) is 12.4 Å². The molecule has 0 aliphatic heterocycles. The van der Waals surface area contributed by atoms with E-state index in [0.29, 0.717) is 0 Å². The molecule has 7 heteroatoms. The SMILES string of the molecule is CCCCCCCCCCOc1c(O)c2c(OCC(=O)O)cccc2oc1=O. The van der Waals surface area contributed by atoms with E-state index >= 15 is 0 Å². The lowest BCUT2D eigenvalue weighted by atomic mass is 10.1. The number of carboxylic acid groups (broad SMARTS) is 1. The lowest BCUT2D eigenvalue weighted by Crippen LogP contribution is -2.11. The molecule has 0 atom stereocenters. The second-order valence-corrected chi connectivity index (χ2v) is 6.70. The van der Waals surface area contributed by atoms with Gasteiger partial charge in [0.05, 0.1) is 6.61 Å². The largest absolute Gasteiger partial charge is 0.503 e. The number of hydrogen-bond donors (Lipinski definition) is 2. The van der Waals surface area contributed by atoms with Crippen molar-refractivity contribution in [3.63, 3.8) is 0 Å². The Labute approximate surface area is 163 Å². The predicted molar refractivity (Wildman–Crippen MR) is 105 cm³/mol. The molecule has 154 valence electrons. The molecule has 0 fully saturated rings. The number of hydrogen-bond acceptors (Lipinski definition) is 6. The second kappa shape index (κ2) is 11.2. The van der Waals surface area contributed by atoms with Crippen molar-refractivity contribution in [1.29, 1.82) is 0 Å². The first-order chi connectivity index (χ1) is 13.5. The van der Waals surface area contributed by atoms with Gasteiger partial charge in [-0.15, -0.1) is 0 Å². The average Bonchev–Trinajstić information content (AvgIpc) is 2.66. The normalized spacial score (nSPS) is 10.9. The number of benzene rings is 1. The number of carboxylic acids is 1. The second-order valence-electron chi connectivity index (χ2n) is 6.70. The van der Waals surface area contributed by atoms with E-state index in [-0.39, 0.29) is 29.1 Å². The molecule has 0 aliphatic carbocycles. The van der Waals surface area contributed by atoms with Gasteiger partial charge in [-0.2, -0.15) is 0 Å². The summed E-state index contributed by atoms with van der Waals surface area (Å²) < 4.78 is 15.8. The number of carbonyl (C=O) groups is 1. The van der Waals surface area contributed by atoms with Crippen LogP contribution >= 0.6 is 0 Å². The van der Waals surface area contributed by atoms with Gasteiger partial charge in [0, 0.05) is 0 Å². The van der Waals surface area contributed by atoms with Gasteiger partial charge in [0.1, 0.15) is 16.7 Å². The lowest BCUT2D eigenvalue weighted by molar-refractivity contribution is -0.139. The highest BCUT2D eigenvalue weighted by Crippen LogP contribution is 2.37. The molecule has 0 amide bonds. The summed E-state index contributed by atoms with van der Waals surface area (Å²) in [6.07, 6.45) is 9.06. The zero-order valence-electron chi connectivity index (χ0n) is 16.2. The van der Waals surface area contributed by atoms with Crippen LogP contribution in [0.15, 0.2) is 27.4 Å². The topological polar surface area (TPSA) is 106 Å². The molecule has 0 unspecified atom stereocenters. The van der Waals surface area contributed by atoms with Crippen LogP contribution in [0.5, 0.6) is 17.2 Å². The molecule has 1 aromatic carbocycles.